The number of esters is 1. The van der Waals surface area contributed by atoms with Crippen LogP contribution >= 0.6 is 23.2 Å². The molecule has 100 valence electrons. The summed E-state index contributed by atoms with van der Waals surface area (Å²) >= 11 is 12.3. The van der Waals surface area contributed by atoms with Crippen LogP contribution < -0.4 is 0 Å². The topological polar surface area (TPSA) is 26.3 Å². The number of carbonyl (C=O) groups excluding carboxylic acids is 1. The van der Waals surface area contributed by atoms with Crippen molar-refractivity contribution >= 4 is 40.8 Å². The minimum absolute atomic E-state index is 0.294. The van der Waals surface area contributed by atoms with E-state index < -0.39 is 0 Å². The smallest absolute Gasteiger partial charge is 0.339 e. The zero-order valence-corrected chi connectivity index (χ0v) is 11.9. The van der Waals surface area contributed by atoms with Crippen LogP contribution in [0, 0.1) is 0 Å². The molecule has 20 heavy (non-hydrogen) atoms. The van der Waals surface area contributed by atoms with Crippen LogP contribution in [0.25, 0.3) is 11.6 Å². The van der Waals surface area contributed by atoms with Gasteiger partial charge in [-0.3, -0.25) is 0 Å². The van der Waals surface area contributed by atoms with Crippen LogP contribution in [0.1, 0.15) is 16.7 Å². The number of hydrogen-bond acceptors (Lipinski definition) is 2. The van der Waals surface area contributed by atoms with Gasteiger partial charge in [-0.25, -0.2) is 4.79 Å². The maximum Gasteiger partial charge on any atom is 0.339 e. The van der Waals surface area contributed by atoms with E-state index in [1.807, 2.05) is 24.3 Å². The Morgan fingerprint density at radius 2 is 1.70 bits per heavy atom. The van der Waals surface area contributed by atoms with Crippen molar-refractivity contribution in [2.45, 2.75) is 6.61 Å². The van der Waals surface area contributed by atoms with E-state index in [4.69, 9.17) is 27.9 Å². The molecule has 0 saturated carbocycles. The third kappa shape index (κ3) is 2.33. The fourth-order valence-electron chi connectivity index (χ4n) is 2.17. The molecule has 0 aliphatic carbocycles. The minimum Gasteiger partial charge on any atom is -0.457 e. The van der Waals surface area contributed by atoms with E-state index in [2.05, 4.69) is 0 Å². The molecule has 1 aliphatic rings. The quantitative estimate of drug-likeness (QED) is 0.569. The van der Waals surface area contributed by atoms with E-state index in [9.17, 15) is 4.79 Å². The van der Waals surface area contributed by atoms with Crippen molar-refractivity contribution in [3.63, 3.8) is 0 Å². The number of hydrogen-bond donors (Lipinski definition) is 0. The first-order valence-corrected chi connectivity index (χ1v) is 6.83. The van der Waals surface area contributed by atoms with Gasteiger partial charge in [0, 0.05) is 15.6 Å². The number of fused-ring (bicyclic) bond motifs is 1. The molecular formula is C16H10Cl2O2. The molecule has 1 heterocycles. The molecule has 0 fully saturated rings. The molecular weight excluding hydrogens is 295 g/mol. The monoisotopic (exact) mass is 304 g/mol. The molecule has 1 aliphatic heterocycles. The lowest BCUT2D eigenvalue weighted by Crippen LogP contribution is -2.15. The van der Waals surface area contributed by atoms with E-state index in [1.54, 1.807) is 24.3 Å². The highest BCUT2D eigenvalue weighted by atomic mass is 35.5. The lowest BCUT2D eigenvalue weighted by atomic mass is 9.96. The van der Waals surface area contributed by atoms with E-state index in [1.165, 1.54) is 0 Å². The highest BCUT2D eigenvalue weighted by Crippen LogP contribution is 2.32. The van der Waals surface area contributed by atoms with E-state index in [-0.39, 0.29) is 5.97 Å². The Balaban J connectivity index is 2.18. The van der Waals surface area contributed by atoms with Crippen molar-refractivity contribution in [1.82, 2.24) is 0 Å². The SMILES string of the molecule is O=C1OCc2ccccc2/C1=C/c1c(Cl)cccc1Cl. The molecule has 0 amide bonds. The van der Waals surface area contributed by atoms with Crippen molar-refractivity contribution in [1.29, 1.82) is 0 Å². The van der Waals surface area contributed by atoms with Gasteiger partial charge in [-0.1, -0.05) is 53.5 Å². The first-order valence-electron chi connectivity index (χ1n) is 6.08. The number of ether oxygens (including phenoxy) is 1. The van der Waals surface area contributed by atoms with Crippen molar-refractivity contribution in [3.05, 3.63) is 69.2 Å². The van der Waals surface area contributed by atoms with Gasteiger partial charge in [0.25, 0.3) is 0 Å². The van der Waals surface area contributed by atoms with Gasteiger partial charge in [0.05, 0.1) is 5.57 Å². The fraction of sp³-hybridized carbons (Fsp3) is 0.0625. The highest BCUT2D eigenvalue weighted by molar-refractivity contribution is 6.38. The maximum atomic E-state index is 12.0. The molecule has 4 heteroatoms. The van der Waals surface area contributed by atoms with Gasteiger partial charge in [0.15, 0.2) is 0 Å². The normalized spacial score (nSPS) is 15.9. The molecule has 0 bridgehead atoms. The zero-order chi connectivity index (χ0) is 14.1. The van der Waals surface area contributed by atoms with Crippen LogP contribution in [0.2, 0.25) is 10.0 Å². The Bertz CT molecular complexity index is 700. The number of cyclic esters (lactones) is 1. The Morgan fingerprint density at radius 3 is 2.45 bits per heavy atom. The van der Waals surface area contributed by atoms with Crippen LogP contribution in [-0.4, -0.2) is 5.97 Å². The summed E-state index contributed by atoms with van der Waals surface area (Å²) < 4.78 is 5.18. The van der Waals surface area contributed by atoms with E-state index in [0.29, 0.717) is 27.8 Å². The Hall–Kier alpha value is -1.77. The second kappa shape index (κ2) is 5.31. The third-order valence-corrected chi connectivity index (χ3v) is 3.83. The van der Waals surface area contributed by atoms with E-state index in [0.717, 1.165) is 11.1 Å². The summed E-state index contributed by atoms with van der Waals surface area (Å²) in [5.41, 5.74) is 2.93. The van der Waals surface area contributed by atoms with Crippen molar-refractivity contribution in [3.8, 4) is 0 Å². The van der Waals surface area contributed by atoms with Crippen LogP contribution in [0.4, 0.5) is 0 Å². The molecule has 0 unspecified atom stereocenters. The summed E-state index contributed by atoms with van der Waals surface area (Å²) in [4.78, 5) is 12.0. The summed E-state index contributed by atoms with van der Waals surface area (Å²) in [5.74, 6) is -0.361. The van der Waals surface area contributed by atoms with Gasteiger partial charge < -0.3 is 4.74 Å². The van der Waals surface area contributed by atoms with E-state index >= 15 is 0 Å². The maximum absolute atomic E-state index is 12.0. The summed E-state index contributed by atoms with van der Waals surface area (Å²) in [7, 11) is 0. The van der Waals surface area contributed by atoms with Gasteiger partial charge >= 0.3 is 5.97 Å². The molecule has 0 spiro atoms. The summed E-state index contributed by atoms with van der Waals surface area (Å²) in [6.45, 7) is 0.294. The number of carbonyl (C=O) groups is 1. The van der Waals surface area contributed by atoms with Gasteiger partial charge in [-0.2, -0.15) is 0 Å². The fourth-order valence-corrected chi connectivity index (χ4v) is 2.68. The molecule has 2 aromatic rings. The molecule has 0 radical (unpaired) electrons. The molecule has 2 aromatic carbocycles. The molecule has 0 aromatic heterocycles. The summed E-state index contributed by atoms with van der Waals surface area (Å²) in [6.07, 6.45) is 1.69. The van der Waals surface area contributed by atoms with Crippen LogP contribution in [0.5, 0.6) is 0 Å². The summed E-state index contributed by atoms with van der Waals surface area (Å²) in [5, 5.41) is 1.00. The third-order valence-electron chi connectivity index (χ3n) is 3.17. The van der Waals surface area contributed by atoms with Crippen molar-refractivity contribution in [2.24, 2.45) is 0 Å². The first kappa shape index (κ1) is 13.2. The second-order valence-corrected chi connectivity index (χ2v) is 5.24. The van der Waals surface area contributed by atoms with Crippen LogP contribution in [-0.2, 0) is 16.1 Å². The van der Waals surface area contributed by atoms with Crippen LogP contribution in [0.15, 0.2) is 42.5 Å². The second-order valence-electron chi connectivity index (χ2n) is 4.43. The standard InChI is InChI=1S/C16H10Cl2O2/c17-14-6-3-7-15(18)13(14)8-12-11-5-2-1-4-10(11)9-20-16(12)19/h1-8H,9H2/b12-8-. The molecule has 0 saturated heterocycles. The molecule has 3 rings (SSSR count). The predicted octanol–water partition coefficient (Wildman–Crippen LogP) is 4.59. The number of rotatable bonds is 1. The molecule has 2 nitrogen and oxygen atoms in total. The zero-order valence-electron chi connectivity index (χ0n) is 10.4. The van der Waals surface area contributed by atoms with Crippen molar-refractivity contribution in [2.75, 3.05) is 0 Å². The Labute approximate surface area is 126 Å². The average molecular weight is 305 g/mol. The van der Waals surface area contributed by atoms with Crippen LogP contribution in [0.3, 0.4) is 0 Å². The van der Waals surface area contributed by atoms with Gasteiger partial charge in [0.2, 0.25) is 0 Å². The largest absolute Gasteiger partial charge is 0.457 e. The lowest BCUT2D eigenvalue weighted by molar-refractivity contribution is -0.138. The van der Waals surface area contributed by atoms with Gasteiger partial charge in [-0.05, 0) is 29.3 Å². The lowest BCUT2D eigenvalue weighted by Gasteiger charge is -2.18. The highest BCUT2D eigenvalue weighted by Gasteiger charge is 2.23. The summed E-state index contributed by atoms with van der Waals surface area (Å²) in [6, 6.07) is 12.9. The van der Waals surface area contributed by atoms with Crippen molar-refractivity contribution < 1.29 is 9.53 Å². The first-order chi connectivity index (χ1) is 9.66. The average Bonchev–Trinajstić information content (AvgIpc) is 2.45. The minimum atomic E-state index is -0.361. The molecule has 0 N–H and O–H groups in total. The molecule has 0 atom stereocenters. The van der Waals surface area contributed by atoms with Gasteiger partial charge in [-0.15, -0.1) is 0 Å². The Morgan fingerprint density at radius 1 is 1.00 bits per heavy atom. The number of benzene rings is 2. The predicted molar refractivity (Wildman–Crippen MR) is 80.6 cm³/mol. The Kier molecular flexibility index (Phi) is 3.51. The number of halogens is 2. The van der Waals surface area contributed by atoms with Gasteiger partial charge in [0.1, 0.15) is 6.61 Å².